The zero-order valence-corrected chi connectivity index (χ0v) is 21.1. The summed E-state index contributed by atoms with van der Waals surface area (Å²) >= 11 is 2.66. The van der Waals surface area contributed by atoms with Gasteiger partial charge in [-0.3, -0.25) is 24.5 Å². The second-order valence-corrected chi connectivity index (χ2v) is 11.4. The topological polar surface area (TPSA) is 135 Å². The molecule has 1 heterocycles. The van der Waals surface area contributed by atoms with Crippen LogP contribution in [0.5, 0.6) is 0 Å². The summed E-state index contributed by atoms with van der Waals surface area (Å²) in [4.78, 5) is 23.7. The summed E-state index contributed by atoms with van der Waals surface area (Å²) in [6, 6.07) is 12.6. The first-order valence-corrected chi connectivity index (χ1v) is 13.8. The lowest BCUT2D eigenvalue weighted by atomic mass is 10.1. The summed E-state index contributed by atoms with van der Waals surface area (Å²) in [6.07, 6.45) is 1.10. The van der Waals surface area contributed by atoms with Crippen LogP contribution in [-0.4, -0.2) is 41.7 Å². The van der Waals surface area contributed by atoms with Crippen LogP contribution in [0.15, 0.2) is 52.9 Å². The number of thioether (sulfide) groups is 1. The number of hydrogen-bond donors (Lipinski definition) is 1. The molecular formula is C21H23N5O5S3. The molecule has 1 amide bonds. The molecule has 1 atom stereocenters. The van der Waals surface area contributed by atoms with Crippen molar-refractivity contribution in [2.45, 2.75) is 36.4 Å². The van der Waals surface area contributed by atoms with E-state index >= 15 is 0 Å². The number of nitrogens with one attached hydrogen (secondary N) is 1. The van der Waals surface area contributed by atoms with Crippen LogP contribution in [0, 0.1) is 17.0 Å². The van der Waals surface area contributed by atoms with Crippen molar-refractivity contribution in [3.8, 4) is 0 Å². The number of nitro groups is 1. The highest BCUT2D eigenvalue weighted by Crippen LogP contribution is 2.32. The fourth-order valence-electron chi connectivity index (χ4n) is 3.21. The van der Waals surface area contributed by atoms with Gasteiger partial charge in [0.1, 0.15) is 6.04 Å². The molecule has 0 saturated carbocycles. The molecule has 0 aliphatic carbocycles. The predicted molar refractivity (Wildman–Crippen MR) is 134 cm³/mol. The number of non-ortho nitro benzene ring substituents is 1. The van der Waals surface area contributed by atoms with Gasteiger partial charge in [-0.2, -0.15) is 0 Å². The molecule has 3 rings (SSSR count). The van der Waals surface area contributed by atoms with Crippen LogP contribution in [0.2, 0.25) is 0 Å². The lowest BCUT2D eigenvalue weighted by molar-refractivity contribution is -0.384. The zero-order valence-electron chi connectivity index (χ0n) is 18.7. The van der Waals surface area contributed by atoms with E-state index in [0.29, 0.717) is 15.7 Å². The Balaban J connectivity index is 1.81. The van der Waals surface area contributed by atoms with E-state index in [-0.39, 0.29) is 22.9 Å². The first kappa shape index (κ1) is 25.6. The van der Waals surface area contributed by atoms with Crippen LogP contribution < -0.4 is 9.62 Å². The molecule has 0 fully saturated rings. The maximum Gasteiger partial charge on any atom is 0.271 e. The van der Waals surface area contributed by atoms with Gasteiger partial charge < -0.3 is 0 Å². The number of hydrogen-bond acceptors (Lipinski definition) is 9. The molecule has 0 saturated heterocycles. The molecule has 34 heavy (non-hydrogen) atoms. The van der Waals surface area contributed by atoms with E-state index in [2.05, 4.69) is 15.5 Å². The minimum absolute atomic E-state index is 0.0788. The van der Waals surface area contributed by atoms with Crippen molar-refractivity contribution in [1.82, 2.24) is 10.2 Å². The van der Waals surface area contributed by atoms with Gasteiger partial charge in [0.05, 0.1) is 16.9 Å². The Morgan fingerprint density at radius 3 is 2.56 bits per heavy atom. The number of carbonyl (C=O) groups is 1. The van der Waals surface area contributed by atoms with Crippen LogP contribution in [0.1, 0.15) is 24.5 Å². The van der Waals surface area contributed by atoms with Crippen LogP contribution in [-0.2, 0) is 20.6 Å². The highest BCUT2D eigenvalue weighted by Gasteiger charge is 2.33. The quantitative estimate of drug-likeness (QED) is 0.181. The second kappa shape index (κ2) is 10.9. The van der Waals surface area contributed by atoms with Crippen molar-refractivity contribution in [3.63, 3.8) is 0 Å². The van der Waals surface area contributed by atoms with Gasteiger partial charge in [-0.1, -0.05) is 66.4 Å². The van der Waals surface area contributed by atoms with E-state index in [1.165, 1.54) is 35.2 Å². The van der Waals surface area contributed by atoms with Crippen LogP contribution in [0.4, 0.5) is 16.5 Å². The molecule has 0 aliphatic heterocycles. The summed E-state index contributed by atoms with van der Waals surface area (Å²) in [5.41, 5.74) is 1.41. The molecule has 180 valence electrons. The largest absolute Gasteiger partial charge is 0.299 e. The third-order valence-electron chi connectivity index (χ3n) is 4.81. The number of nitrogens with zero attached hydrogens (tertiary/aromatic N) is 4. The number of rotatable bonds is 10. The Kier molecular flexibility index (Phi) is 8.23. The van der Waals surface area contributed by atoms with Gasteiger partial charge in [-0.15, -0.1) is 10.2 Å². The smallest absolute Gasteiger partial charge is 0.271 e. The Hall–Kier alpha value is -3.03. The van der Waals surface area contributed by atoms with Gasteiger partial charge in [0.15, 0.2) is 4.34 Å². The molecule has 13 heteroatoms. The van der Waals surface area contributed by atoms with E-state index < -0.39 is 26.9 Å². The van der Waals surface area contributed by atoms with Crippen LogP contribution >= 0.6 is 23.1 Å². The normalized spacial score (nSPS) is 12.2. The highest BCUT2D eigenvalue weighted by atomic mass is 32.2. The first-order valence-electron chi connectivity index (χ1n) is 10.2. The van der Waals surface area contributed by atoms with Gasteiger partial charge in [0.25, 0.3) is 5.69 Å². The van der Waals surface area contributed by atoms with E-state index in [9.17, 15) is 23.3 Å². The van der Waals surface area contributed by atoms with E-state index in [1.807, 2.05) is 30.3 Å². The van der Waals surface area contributed by atoms with Gasteiger partial charge in [-0.05, 0) is 24.5 Å². The molecule has 0 radical (unpaired) electrons. The maximum absolute atomic E-state index is 13.1. The number of aryl methyl sites for hydroxylation is 1. The van der Waals surface area contributed by atoms with E-state index in [0.717, 1.165) is 22.2 Å². The average Bonchev–Trinajstić information content (AvgIpc) is 3.23. The first-order chi connectivity index (χ1) is 16.1. The highest BCUT2D eigenvalue weighted by molar-refractivity contribution is 8.00. The SMILES string of the molecule is CC[C@@H](C(=O)Nc1nnc(SCc2ccccc2)s1)N(c1cc([N+](=O)[O-])ccc1C)S(C)(=O)=O. The lowest BCUT2D eigenvalue weighted by Crippen LogP contribution is -2.47. The van der Waals surface area contributed by atoms with Crippen molar-refractivity contribution in [1.29, 1.82) is 0 Å². The zero-order chi connectivity index (χ0) is 24.9. The lowest BCUT2D eigenvalue weighted by Gasteiger charge is -2.30. The van der Waals surface area contributed by atoms with Gasteiger partial charge in [0.2, 0.25) is 21.1 Å². The Morgan fingerprint density at radius 2 is 1.94 bits per heavy atom. The number of aromatic nitrogens is 2. The molecule has 0 bridgehead atoms. The van der Waals surface area contributed by atoms with Crippen LogP contribution in [0.25, 0.3) is 0 Å². The average molecular weight is 522 g/mol. The number of benzene rings is 2. The van der Waals surface area contributed by atoms with E-state index in [1.54, 1.807) is 13.8 Å². The number of amides is 1. The van der Waals surface area contributed by atoms with Crippen molar-refractivity contribution in [2.75, 3.05) is 15.9 Å². The van der Waals surface area contributed by atoms with Crippen LogP contribution in [0.3, 0.4) is 0 Å². The van der Waals surface area contributed by atoms with Gasteiger partial charge in [-0.25, -0.2) is 8.42 Å². The van der Waals surface area contributed by atoms with Gasteiger partial charge >= 0.3 is 0 Å². The summed E-state index contributed by atoms with van der Waals surface area (Å²) in [7, 11) is -3.95. The number of sulfonamides is 1. The molecule has 3 aromatic rings. The third kappa shape index (κ3) is 6.30. The van der Waals surface area contributed by atoms with Gasteiger partial charge in [0, 0.05) is 17.9 Å². The summed E-state index contributed by atoms with van der Waals surface area (Å²) in [6.45, 7) is 3.29. The maximum atomic E-state index is 13.1. The minimum atomic E-state index is -3.95. The monoisotopic (exact) mass is 521 g/mol. The number of anilines is 2. The second-order valence-electron chi connectivity index (χ2n) is 7.35. The number of nitro benzene ring substituents is 1. The standard InChI is InChI=1S/C21H23N5O5S3/c1-4-17(25(34(3,30)31)18-12-16(26(28)29)11-10-14(18)2)19(27)22-20-23-24-21(33-20)32-13-15-8-6-5-7-9-15/h5-12,17H,4,13H2,1-3H3,(H,22,23,27)/t17-/m0/s1. The Morgan fingerprint density at radius 1 is 1.24 bits per heavy atom. The molecule has 2 aromatic carbocycles. The predicted octanol–water partition coefficient (Wildman–Crippen LogP) is 4.23. The molecule has 1 N–H and O–H groups in total. The summed E-state index contributed by atoms with van der Waals surface area (Å²) in [5, 5.41) is 22.2. The van der Waals surface area contributed by atoms with Crippen molar-refractivity contribution >= 4 is 55.5 Å². The fourth-order valence-corrected chi connectivity index (χ4v) is 6.18. The van der Waals surface area contributed by atoms with Crippen molar-refractivity contribution in [2.24, 2.45) is 0 Å². The minimum Gasteiger partial charge on any atom is -0.299 e. The third-order valence-corrected chi connectivity index (χ3v) is 8.02. The molecular weight excluding hydrogens is 498 g/mol. The molecule has 0 spiro atoms. The van der Waals surface area contributed by atoms with E-state index in [4.69, 9.17) is 0 Å². The molecule has 10 nitrogen and oxygen atoms in total. The molecule has 0 unspecified atom stereocenters. The molecule has 0 aliphatic rings. The fraction of sp³-hybridized carbons (Fsp3) is 0.286. The molecule has 1 aromatic heterocycles. The van der Waals surface area contributed by atoms with Crippen molar-refractivity contribution in [3.05, 3.63) is 69.8 Å². The summed E-state index contributed by atoms with van der Waals surface area (Å²) < 4.78 is 27.0. The number of carbonyl (C=O) groups excluding carboxylic acids is 1. The summed E-state index contributed by atoms with van der Waals surface area (Å²) in [5.74, 6) is 0.0872. The van der Waals surface area contributed by atoms with Crippen molar-refractivity contribution < 1.29 is 18.1 Å². The Bertz CT molecular complexity index is 1280. The Labute approximate surface area is 205 Å².